The number of benzene rings is 1. The van der Waals surface area contributed by atoms with Gasteiger partial charge in [-0.1, -0.05) is 11.2 Å². The van der Waals surface area contributed by atoms with Crippen molar-refractivity contribution in [3.8, 4) is 5.75 Å². The van der Waals surface area contributed by atoms with Gasteiger partial charge < -0.3 is 14.8 Å². The fourth-order valence-electron chi connectivity index (χ4n) is 3.58. The number of fused-ring (bicyclic) bond motifs is 1. The Morgan fingerprint density at radius 2 is 2.20 bits per heavy atom. The molecule has 8 heteroatoms. The van der Waals surface area contributed by atoms with Crippen LogP contribution < -0.4 is 10.1 Å². The Hall–Kier alpha value is -3.00. The average molecular weight is 409 g/mol. The SMILES string of the molecule is Cc1cnn2ccc(NC(C)c3cc(C(C)(C)N=O)ccc3OC3CCOC3)nc12. The van der Waals surface area contributed by atoms with Crippen molar-refractivity contribution in [2.45, 2.75) is 51.8 Å². The molecule has 1 N–H and O–H groups in total. The number of nitrogens with one attached hydrogen (secondary N) is 1. The molecule has 0 saturated carbocycles. The quantitative estimate of drug-likeness (QED) is 0.583. The lowest BCUT2D eigenvalue weighted by Gasteiger charge is -2.24. The lowest BCUT2D eigenvalue weighted by Crippen LogP contribution is -2.20. The van der Waals surface area contributed by atoms with Crippen LogP contribution in [0.3, 0.4) is 0 Å². The van der Waals surface area contributed by atoms with Gasteiger partial charge in [0.25, 0.3) is 0 Å². The molecule has 4 rings (SSSR count). The largest absolute Gasteiger partial charge is 0.488 e. The maximum absolute atomic E-state index is 11.4. The fraction of sp³-hybridized carbons (Fsp3) is 0.455. The molecule has 0 amide bonds. The first-order valence-electron chi connectivity index (χ1n) is 10.2. The lowest BCUT2D eigenvalue weighted by atomic mass is 9.92. The number of nitrogens with zero attached hydrogens (tertiary/aromatic N) is 4. The molecule has 0 aliphatic carbocycles. The molecule has 2 unspecified atom stereocenters. The van der Waals surface area contributed by atoms with Gasteiger partial charge in [0, 0.05) is 23.7 Å². The molecule has 0 bridgehead atoms. The summed E-state index contributed by atoms with van der Waals surface area (Å²) in [6.45, 7) is 8.94. The van der Waals surface area contributed by atoms with Gasteiger partial charge in [0.2, 0.25) is 0 Å². The number of ether oxygens (including phenoxy) is 2. The molecule has 0 radical (unpaired) electrons. The van der Waals surface area contributed by atoms with E-state index in [9.17, 15) is 4.91 Å². The first kappa shape index (κ1) is 20.3. The summed E-state index contributed by atoms with van der Waals surface area (Å²) >= 11 is 0. The Labute approximate surface area is 175 Å². The van der Waals surface area contributed by atoms with Crippen LogP contribution in [0, 0.1) is 11.8 Å². The third-order valence-corrected chi connectivity index (χ3v) is 5.50. The van der Waals surface area contributed by atoms with Crippen molar-refractivity contribution < 1.29 is 9.47 Å². The predicted octanol–water partition coefficient (Wildman–Crippen LogP) is 4.38. The van der Waals surface area contributed by atoms with Gasteiger partial charge in [-0.05, 0) is 51.5 Å². The van der Waals surface area contributed by atoms with Crippen molar-refractivity contribution in [1.29, 1.82) is 0 Å². The van der Waals surface area contributed by atoms with E-state index in [-0.39, 0.29) is 12.1 Å². The van der Waals surface area contributed by atoms with Crippen molar-refractivity contribution in [3.63, 3.8) is 0 Å². The molecule has 30 heavy (non-hydrogen) atoms. The maximum atomic E-state index is 11.4. The van der Waals surface area contributed by atoms with Crippen LogP contribution in [-0.4, -0.2) is 33.9 Å². The standard InChI is InChI=1S/C22H27N5O3/c1-14-12-23-27-9-7-20(25-21(14)27)24-15(2)18-11-16(22(3,4)26-28)5-6-19(18)30-17-8-10-29-13-17/h5-7,9,11-12,15,17H,8,10,13H2,1-4H3,(H,24,25). The first-order valence-corrected chi connectivity index (χ1v) is 10.2. The number of hydrogen-bond donors (Lipinski definition) is 1. The van der Waals surface area contributed by atoms with Gasteiger partial charge >= 0.3 is 0 Å². The molecule has 158 valence electrons. The maximum Gasteiger partial charge on any atom is 0.160 e. The highest BCUT2D eigenvalue weighted by molar-refractivity contribution is 5.52. The van der Waals surface area contributed by atoms with Crippen LogP contribution in [0.1, 0.15) is 49.9 Å². The van der Waals surface area contributed by atoms with E-state index in [4.69, 9.17) is 9.47 Å². The first-order chi connectivity index (χ1) is 14.4. The molecule has 1 fully saturated rings. The van der Waals surface area contributed by atoms with E-state index in [1.807, 2.05) is 44.3 Å². The van der Waals surface area contributed by atoms with Crippen molar-refractivity contribution in [1.82, 2.24) is 14.6 Å². The normalized spacial score (nSPS) is 17.8. The molecule has 0 spiro atoms. The van der Waals surface area contributed by atoms with Crippen molar-refractivity contribution in [2.24, 2.45) is 5.18 Å². The van der Waals surface area contributed by atoms with Crippen LogP contribution in [0.4, 0.5) is 5.82 Å². The summed E-state index contributed by atoms with van der Waals surface area (Å²) in [7, 11) is 0. The monoisotopic (exact) mass is 409 g/mol. The Morgan fingerprint density at radius 1 is 1.37 bits per heavy atom. The number of anilines is 1. The molecule has 3 aromatic rings. The van der Waals surface area contributed by atoms with Gasteiger partial charge in [-0.15, -0.1) is 4.91 Å². The van der Waals surface area contributed by atoms with E-state index in [1.54, 1.807) is 24.6 Å². The summed E-state index contributed by atoms with van der Waals surface area (Å²) in [5.74, 6) is 1.52. The van der Waals surface area contributed by atoms with Crippen LogP contribution in [0.15, 0.2) is 41.8 Å². The minimum Gasteiger partial charge on any atom is -0.488 e. The van der Waals surface area contributed by atoms with E-state index in [0.717, 1.165) is 40.3 Å². The van der Waals surface area contributed by atoms with Crippen molar-refractivity contribution in [3.05, 3.63) is 58.3 Å². The Bertz CT molecular complexity index is 1060. The predicted molar refractivity (Wildman–Crippen MR) is 115 cm³/mol. The summed E-state index contributed by atoms with van der Waals surface area (Å²) in [5, 5.41) is 11.0. The smallest absolute Gasteiger partial charge is 0.160 e. The van der Waals surface area contributed by atoms with Gasteiger partial charge in [0.15, 0.2) is 5.65 Å². The summed E-state index contributed by atoms with van der Waals surface area (Å²) in [4.78, 5) is 16.0. The molecule has 1 aliphatic rings. The number of hydrogen-bond acceptors (Lipinski definition) is 7. The van der Waals surface area contributed by atoms with Crippen LogP contribution in [-0.2, 0) is 10.3 Å². The van der Waals surface area contributed by atoms with Gasteiger partial charge in [0.1, 0.15) is 23.2 Å². The molecule has 2 atom stereocenters. The minimum absolute atomic E-state index is 0.0305. The number of aromatic nitrogens is 3. The van der Waals surface area contributed by atoms with E-state index in [0.29, 0.717) is 13.2 Å². The summed E-state index contributed by atoms with van der Waals surface area (Å²) in [6.07, 6.45) is 4.57. The van der Waals surface area contributed by atoms with Crippen LogP contribution >= 0.6 is 0 Å². The second kappa shape index (κ2) is 8.02. The van der Waals surface area contributed by atoms with Gasteiger partial charge in [-0.2, -0.15) is 5.10 Å². The average Bonchev–Trinajstić information content (AvgIpc) is 3.38. The lowest BCUT2D eigenvalue weighted by molar-refractivity contribution is 0.140. The van der Waals surface area contributed by atoms with Gasteiger partial charge in [0.05, 0.1) is 25.5 Å². The summed E-state index contributed by atoms with van der Waals surface area (Å²) < 4.78 is 13.4. The van der Waals surface area contributed by atoms with Gasteiger partial charge in [-0.3, -0.25) is 0 Å². The van der Waals surface area contributed by atoms with E-state index in [1.165, 1.54) is 0 Å². The highest BCUT2D eigenvalue weighted by Gasteiger charge is 2.26. The molecule has 1 aliphatic heterocycles. The molecular formula is C22H27N5O3. The summed E-state index contributed by atoms with van der Waals surface area (Å²) in [5.41, 5.74) is 2.79. The molecule has 3 heterocycles. The van der Waals surface area contributed by atoms with Crippen LogP contribution in [0.5, 0.6) is 5.75 Å². The molecule has 1 aromatic carbocycles. The Morgan fingerprint density at radius 3 is 2.93 bits per heavy atom. The van der Waals surface area contributed by atoms with Crippen LogP contribution in [0.2, 0.25) is 0 Å². The second-order valence-electron chi connectivity index (χ2n) is 8.28. The highest BCUT2D eigenvalue weighted by Crippen LogP contribution is 2.34. The van der Waals surface area contributed by atoms with Crippen LogP contribution in [0.25, 0.3) is 5.65 Å². The third-order valence-electron chi connectivity index (χ3n) is 5.50. The molecule has 1 saturated heterocycles. The Balaban J connectivity index is 1.66. The summed E-state index contributed by atoms with van der Waals surface area (Å²) in [6, 6.07) is 7.60. The topological polar surface area (TPSA) is 90.1 Å². The van der Waals surface area contributed by atoms with Crippen molar-refractivity contribution >= 4 is 11.5 Å². The van der Waals surface area contributed by atoms with Crippen molar-refractivity contribution in [2.75, 3.05) is 18.5 Å². The van der Waals surface area contributed by atoms with E-state index >= 15 is 0 Å². The molecular weight excluding hydrogens is 382 g/mol. The minimum atomic E-state index is -0.824. The number of nitroso groups, excluding NO2 is 1. The van der Waals surface area contributed by atoms with Gasteiger partial charge in [-0.25, -0.2) is 9.50 Å². The number of rotatable bonds is 7. The highest BCUT2D eigenvalue weighted by atomic mass is 16.5. The fourth-order valence-corrected chi connectivity index (χ4v) is 3.58. The zero-order valence-corrected chi connectivity index (χ0v) is 17.8. The molecule has 8 nitrogen and oxygen atoms in total. The Kier molecular flexibility index (Phi) is 5.42. The van der Waals surface area contributed by atoms with E-state index in [2.05, 4.69) is 20.6 Å². The second-order valence-corrected chi connectivity index (χ2v) is 8.28. The zero-order chi connectivity index (χ0) is 21.3. The molecule has 2 aromatic heterocycles. The third kappa shape index (κ3) is 4.00. The number of aryl methyl sites for hydroxylation is 1. The zero-order valence-electron chi connectivity index (χ0n) is 17.8. The van der Waals surface area contributed by atoms with E-state index < -0.39 is 5.54 Å².